The van der Waals surface area contributed by atoms with Crippen LogP contribution in [0.1, 0.15) is 13.8 Å². The predicted octanol–water partition coefficient (Wildman–Crippen LogP) is 2.76. The normalized spacial score (nSPS) is 16.6. The lowest BCUT2D eigenvalue weighted by atomic mass is 10.1. The van der Waals surface area contributed by atoms with Gasteiger partial charge in [-0.1, -0.05) is 19.1 Å². The minimum atomic E-state index is -4.08. The van der Waals surface area contributed by atoms with E-state index in [9.17, 15) is 13.2 Å². The molecule has 3 heteroatoms. The standard InChI is InChI=1S/C6H9F3/c1-3-4-5(2)6(7,8)9/h3-5H,1-2H3/b4-3-/t5-/m0/s1. The maximum atomic E-state index is 11.6. The third-order valence-corrected chi connectivity index (χ3v) is 0.997. The third kappa shape index (κ3) is 3.16. The van der Waals surface area contributed by atoms with Crippen molar-refractivity contribution in [1.29, 1.82) is 0 Å². The lowest BCUT2D eigenvalue weighted by Crippen LogP contribution is -2.17. The van der Waals surface area contributed by atoms with Gasteiger partial charge in [-0.15, -0.1) is 0 Å². The minimum absolute atomic E-state index is 1.12. The van der Waals surface area contributed by atoms with E-state index in [1.165, 1.54) is 6.08 Å². The second-order valence-corrected chi connectivity index (χ2v) is 1.86. The van der Waals surface area contributed by atoms with E-state index in [4.69, 9.17) is 0 Å². The zero-order valence-electron chi connectivity index (χ0n) is 5.37. The molecule has 0 fully saturated rings. The molecule has 9 heavy (non-hydrogen) atoms. The molecule has 1 atom stereocenters. The van der Waals surface area contributed by atoms with Gasteiger partial charge in [0.15, 0.2) is 0 Å². The van der Waals surface area contributed by atoms with E-state index in [0.29, 0.717) is 0 Å². The van der Waals surface area contributed by atoms with E-state index in [0.717, 1.165) is 13.0 Å². The molecule has 0 aromatic heterocycles. The maximum Gasteiger partial charge on any atom is 0.394 e. The first kappa shape index (κ1) is 8.53. The highest BCUT2D eigenvalue weighted by Gasteiger charge is 2.33. The number of halogens is 3. The van der Waals surface area contributed by atoms with Gasteiger partial charge in [-0.2, -0.15) is 13.2 Å². The molecule has 0 amide bonds. The number of rotatable bonds is 1. The molecule has 0 rings (SSSR count). The predicted molar refractivity (Wildman–Crippen MR) is 30.0 cm³/mol. The van der Waals surface area contributed by atoms with Gasteiger partial charge in [-0.25, -0.2) is 0 Å². The average molecular weight is 138 g/mol. The summed E-state index contributed by atoms with van der Waals surface area (Å²) in [5.41, 5.74) is 0. The Morgan fingerprint density at radius 1 is 1.33 bits per heavy atom. The van der Waals surface area contributed by atoms with Crippen molar-refractivity contribution >= 4 is 0 Å². The van der Waals surface area contributed by atoms with E-state index in [-0.39, 0.29) is 0 Å². The monoisotopic (exact) mass is 138 g/mol. The smallest absolute Gasteiger partial charge is 0.170 e. The van der Waals surface area contributed by atoms with E-state index in [1.807, 2.05) is 0 Å². The Kier molecular flexibility index (Phi) is 2.74. The Bertz CT molecular complexity index is 101. The van der Waals surface area contributed by atoms with Crippen LogP contribution in [0.25, 0.3) is 0 Å². The van der Waals surface area contributed by atoms with E-state index >= 15 is 0 Å². The van der Waals surface area contributed by atoms with Crippen molar-refractivity contribution in [3.05, 3.63) is 12.2 Å². The molecule has 0 aromatic carbocycles. The second kappa shape index (κ2) is 2.90. The quantitative estimate of drug-likeness (QED) is 0.489. The molecule has 0 spiro atoms. The Balaban J connectivity index is 3.88. The summed E-state index contributed by atoms with van der Waals surface area (Å²) in [6.07, 6.45) is -1.55. The van der Waals surface area contributed by atoms with Gasteiger partial charge in [0.1, 0.15) is 0 Å². The van der Waals surface area contributed by atoms with Crippen LogP contribution in [0.15, 0.2) is 12.2 Å². The first-order chi connectivity index (χ1) is 3.98. The molecule has 0 bridgehead atoms. The van der Waals surface area contributed by atoms with Crippen molar-refractivity contribution in [1.82, 2.24) is 0 Å². The van der Waals surface area contributed by atoms with Gasteiger partial charge in [0, 0.05) is 0 Å². The second-order valence-electron chi connectivity index (χ2n) is 1.86. The fourth-order valence-corrected chi connectivity index (χ4v) is 0.398. The first-order valence-corrected chi connectivity index (χ1v) is 2.68. The first-order valence-electron chi connectivity index (χ1n) is 2.68. The maximum absolute atomic E-state index is 11.6. The molecule has 0 radical (unpaired) electrons. The summed E-state index contributed by atoms with van der Waals surface area (Å²) in [7, 11) is 0. The SMILES string of the molecule is C/C=C\[C@H](C)C(F)(F)F. The lowest BCUT2D eigenvalue weighted by Gasteiger charge is -2.09. The largest absolute Gasteiger partial charge is 0.394 e. The summed E-state index contributed by atoms with van der Waals surface area (Å²) < 4.78 is 34.8. The fraction of sp³-hybridized carbons (Fsp3) is 0.667. The van der Waals surface area contributed by atoms with Crippen molar-refractivity contribution in [2.45, 2.75) is 20.0 Å². The molecular formula is C6H9F3. The van der Waals surface area contributed by atoms with Crippen LogP contribution in [0.3, 0.4) is 0 Å². The minimum Gasteiger partial charge on any atom is -0.170 e. The highest BCUT2D eigenvalue weighted by atomic mass is 19.4. The van der Waals surface area contributed by atoms with Crippen molar-refractivity contribution in [3.63, 3.8) is 0 Å². The molecule has 0 unspecified atom stereocenters. The molecule has 0 saturated carbocycles. The molecule has 0 saturated heterocycles. The lowest BCUT2D eigenvalue weighted by molar-refractivity contribution is -0.156. The highest BCUT2D eigenvalue weighted by Crippen LogP contribution is 2.26. The number of hydrogen-bond acceptors (Lipinski definition) is 0. The van der Waals surface area contributed by atoms with Crippen LogP contribution < -0.4 is 0 Å². The van der Waals surface area contributed by atoms with Gasteiger partial charge in [-0.3, -0.25) is 0 Å². The Morgan fingerprint density at radius 2 is 1.78 bits per heavy atom. The zero-order chi connectivity index (χ0) is 7.49. The summed E-state index contributed by atoms with van der Waals surface area (Å²) in [6, 6.07) is 0. The van der Waals surface area contributed by atoms with E-state index in [2.05, 4.69) is 0 Å². The number of hydrogen-bond donors (Lipinski definition) is 0. The Hall–Kier alpha value is -0.470. The molecule has 54 valence electrons. The van der Waals surface area contributed by atoms with Crippen molar-refractivity contribution in [2.24, 2.45) is 5.92 Å². The summed E-state index contributed by atoms with van der Waals surface area (Å²) >= 11 is 0. The summed E-state index contributed by atoms with van der Waals surface area (Å²) in [6.45, 7) is 2.70. The van der Waals surface area contributed by atoms with Gasteiger partial charge in [-0.05, 0) is 6.92 Å². The Morgan fingerprint density at radius 3 is 1.89 bits per heavy atom. The van der Waals surface area contributed by atoms with Crippen LogP contribution in [0, 0.1) is 5.92 Å². The molecule has 0 heterocycles. The van der Waals surface area contributed by atoms with Crippen molar-refractivity contribution in [3.8, 4) is 0 Å². The van der Waals surface area contributed by atoms with Crippen molar-refractivity contribution in [2.75, 3.05) is 0 Å². The molecule has 0 aromatic rings. The summed E-state index contributed by atoms with van der Waals surface area (Å²) in [5.74, 6) is -1.32. The van der Waals surface area contributed by atoms with E-state index < -0.39 is 12.1 Å². The van der Waals surface area contributed by atoms with Crippen LogP contribution in [0.2, 0.25) is 0 Å². The molecule has 0 nitrogen and oxygen atoms in total. The molecule has 0 N–H and O–H groups in total. The molecular weight excluding hydrogens is 129 g/mol. The van der Waals surface area contributed by atoms with Gasteiger partial charge in [0.25, 0.3) is 0 Å². The Labute approximate surface area is 52.4 Å². The summed E-state index contributed by atoms with van der Waals surface area (Å²) in [5, 5.41) is 0. The van der Waals surface area contributed by atoms with Crippen molar-refractivity contribution < 1.29 is 13.2 Å². The molecule has 0 aliphatic heterocycles. The fourth-order valence-electron chi connectivity index (χ4n) is 0.398. The zero-order valence-corrected chi connectivity index (χ0v) is 5.37. The number of alkyl halides is 3. The van der Waals surface area contributed by atoms with Gasteiger partial charge in [0.2, 0.25) is 0 Å². The average Bonchev–Trinajstić information content (AvgIpc) is 1.64. The van der Waals surface area contributed by atoms with E-state index in [1.54, 1.807) is 6.92 Å². The number of allylic oxidation sites excluding steroid dienone is 2. The highest BCUT2D eigenvalue weighted by molar-refractivity contribution is 4.86. The topological polar surface area (TPSA) is 0 Å². The van der Waals surface area contributed by atoms with Crippen LogP contribution in [0.5, 0.6) is 0 Å². The molecule has 0 aliphatic rings. The van der Waals surface area contributed by atoms with Crippen LogP contribution in [-0.4, -0.2) is 6.18 Å². The third-order valence-electron chi connectivity index (χ3n) is 0.997. The van der Waals surface area contributed by atoms with Crippen LogP contribution in [-0.2, 0) is 0 Å². The van der Waals surface area contributed by atoms with Crippen LogP contribution >= 0.6 is 0 Å². The van der Waals surface area contributed by atoms with Gasteiger partial charge >= 0.3 is 6.18 Å². The van der Waals surface area contributed by atoms with Gasteiger partial charge < -0.3 is 0 Å². The van der Waals surface area contributed by atoms with Gasteiger partial charge in [0.05, 0.1) is 5.92 Å². The van der Waals surface area contributed by atoms with Crippen LogP contribution in [0.4, 0.5) is 13.2 Å². The molecule has 0 aliphatic carbocycles. The summed E-state index contributed by atoms with van der Waals surface area (Å²) in [4.78, 5) is 0.